The molecule has 2 aromatic heterocycles. The van der Waals surface area contributed by atoms with Crippen molar-refractivity contribution in [2.24, 2.45) is 0 Å². The lowest BCUT2D eigenvalue weighted by Gasteiger charge is -2.00. The van der Waals surface area contributed by atoms with Crippen LogP contribution in [-0.4, -0.2) is 16.1 Å². The second kappa shape index (κ2) is 4.34. The molecule has 0 atom stereocenters. The van der Waals surface area contributed by atoms with Crippen LogP contribution in [0.5, 0.6) is 0 Å². The van der Waals surface area contributed by atoms with Crippen LogP contribution in [0.4, 0.5) is 5.13 Å². The van der Waals surface area contributed by atoms with Crippen LogP contribution < -0.4 is 10.0 Å². The fourth-order valence-corrected chi connectivity index (χ4v) is 2.42. The molecule has 0 aromatic carbocycles. The van der Waals surface area contributed by atoms with E-state index in [-0.39, 0.29) is 5.91 Å². The first kappa shape index (κ1) is 11.1. The molecule has 1 amide bonds. The Morgan fingerprint density at radius 3 is 2.78 bits per heavy atom. The maximum Gasteiger partial charge on any atom is 0.257 e. The van der Waals surface area contributed by atoms with Gasteiger partial charge in [-0.25, -0.2) is 0 Å². The Kier molecular flexibility index (Phi) is 2.67. The van der Waals surface area contributed by atoms with Crippen molar-refractivity contribution in [2.75, 3.05) is 5.32 Å². The molecule has 1 fully saturated rings. The quantitative estimate of drug-likeness (QED) is 0.667. The zero-order chi connectivity index (χ0) is 12.5. The number of nitrogens with one attached hydrogen (secondary N) is 1. The van der Waals surface area contributed by atoms with Gasteiger partial charge in [-0.15, -0.1) is 10.2 Å². The number of carbonyl (C=O) groups is 1. The summed E-state index contributed by atoms with van der Waals surface area (Å²) < 4.78 is 0.632. The Labute approximate surface area is 107 Å². The van der Waals surface area contributed by atoms with Gasteiger partial charge >= 0.3 is 0 Å². The van der Waals surface area contributed by atoms with E-state index in [1.165, 1.54) is 35.9 Å². The molecule has 2 heterocycles. The second-order valence-corrected chi connectivity index (χ2v) is 5.13. The van der Waals surface area contributed by atoms with Gasteiger partial charge in [0, 0.05) is 18.1 Å². The van der Waals surface area contributed by atoms with E-state index in [1.807, 2.05) is 0 Å². The smallest absolute Gasteiger partial charge is 0.257 e. The van der Waals surface area contributed by atoms with Gasteiger partial charge < -0.3 is 5.21 Å². The highest BCUT2D eigenvalue weighted by molar-refractivity contribution is 7.15. The number of hydrogen-bond acceptors (Lipinski definition) is 5. The number of rotatable bonds is 3. The summed E-state index contributed by atoms with van der Waals surface area (Å²) in [5.74, 6) is 0.249. The molecule has 3 rings (SSSR count). The Hall–Kier alpha value is -2.02. The van der Waals surface area contributed by atoms with E-state index in [0.717, 1.165) is 17.8 Å². The van der Waals surface area contributed by atoms with Gasteiger partial charge in [-0.3, -0.25) is 10.1 Å². The van der Waals surface area contributed by atoms with Crippen LogP contribution in [0.25, 0.3) is 0 Å². The molecule has 18 heavy (non-hydrogen) atoms. The maximum absolute atomic E-state index is 11.8. The van der Waals surface area contributed by atoms with Crippen molar-refractivity contribution >= 4 is 22.4 Å². The standard InChI is InChI=1S/C11H10N4O2S/c16-9(7-3-5-15(17)6-4-7)12-11-14-13-10(18-11)8-1-2-8/h3-6,8H,1-2H2,(H,12,14,16). The highest BCUT2D eigenvalue weighted by atomic mass is 32.1. The monoisotopic (exact) mass is 262 g/mol. The molecule has 1 aliphatic rings. The predicted molar refractivity (Wildman–Crippen MR) is 65.2 cm³/mol. The number of aromatic nitrogens is 3. The summed E-state index contributed by atoms with van der Waals surface area (Å²) in [5.41, 5.74) is 0.422. The van der Waals surface area contributed by atoms with Gasteiger partial charge in [0.25, 0.3) is 5.91 Å². The minimum absolute atomic E-state index is 0.283. The Morgan fingerprint density at radius 1 is 1.39 bits per heavy atom. The topological polar surface area (TPSA) is 81.8 Å². The van der Waals surface area contributed by atoms with Crippen LogP contribution in [0.15, 0.2) is 24.5 Å². The van der Waals surface area contributed by atoms with Crippen LogP contribution in [0.1, 0.15) is 34.1 Å². The van der Waals surface area contributed by atoms with Crippen LogP contribution >= 0.6 is 11.3 Å². The number of hydrogen-bond donors (Lipinski definition) is 1. The molecule has 1 saturated carbocycles. The molecule has 1 N–H and O–H groups in total. The van der Waals surface area contributed by atoms with E-state index in [4.69, 9.17) is 0 Å². The van der Waals surface area contributed by atoms with Crippen LogP contribution in [0.2, 0.25) is 0 Å². The SMILES string of the molecule is O=C(Nc1nnc(C2CC2)s1)c1cc[n+]([O-])cc1. The summed E-state index contributed by atoms with van der Waals surface area (Å²) in [7, 11) is 0. The fraction of sp³-hybridized carbons (Fsp3) is 0.273. The molecular formula is C11H10N4O2S. The maximum atomic E-state index is 11.8. The number of pyridine rings is 1. The molecule has 0 spiro atoms. The summed E-state index contributed by atoms with van der Waals surface area (Å²) in [6.07, 6.45) is 4.88. The van der Waals surface area contributed by atoms with Crippen molar-refractivity contribution in [1.82, 2.24) is 10.2 Å². The lowest BCUT2D eigenvalue weighted by atomic mass is 10.2. The molecule has 0 bridgehead atoms. The van der Waals surface area contributed by atoms with E-state index in [1.54, 1.807) is 0 Å². The third kappa shape index (κ3) is 2.30. The van der Waals surface area contributed by atoms with Crippen LogP contribution in [0.3, 0.4) is 0 Å². The first-order valence-corrected chi connectivity index (χ1v) is 6.37. The molecule has 0 radical (unpaired) electrons. The Balaban J connectivity index is 1.70. The fourth-order valence-electron chi connectivity index (χ4n) is 1.51. The molecule has 2 aromatic rings. The third-order valence-electron chi connectivity index (χ3n) is 2.65. The molecule has 0 aliphatic heterocycles. The zero-order valence-electron chi connectivity index (χ0n) is 9.37. The van der Waals surface area contributed by atoms with E-state index < -0.39 is 0 Å². The van der Waals surface area contributed by atoms with Crippen LogP contribution in [0, 0.1) is 5.21 Å². The highest BCUT2D eigenvalue weighted by Gasteiger charge is 2.27. The number of nitrogens with zero attached hydrogens (tertiary/aromatic N) is 3. The Bertz CT molecular complexity index is 577. The summed E-state index contributed by atoms with van der Waals surface area (Å²) in [6, 6.07) is 2.93. The van der Waals surface area contributed by atoms with E-state index in [9.17, 15) is 10.0 Å². The molecule has 92 valence electrons. The number of carbonyl (C=O) groups excluding carboxylic acids is 1. The average Bonchev–Trinajstić information content (AvgIpc) is 3.11. The minimum atomic E-state index is -0.283. The molecular weight excluding hydrogens is 252 g/mol. The first-order valence-electron chi connectivity index (χ1n) is 5.56. The van der Waals surface area contributed by atoms with Crippen molar-refractivity contribution < 1.29 is 9.52 Å². The van der Waals surface area contributed by atoms with Gasteiger partial charge in [0.05, 0.1) is 5.56 Å². The third-order valence-corrected chi connectivity index (χ3v) is 3.65. The Morgan fingerprint density at radius 2 is 2.11 bits per heavy atom. The van der Waals surface area contributed by atoms with Gasteiger partial charge in [-0.1, -0.05) is 11.3 Å². The largest absolute Gasteiger partial charge is 0.619 e. The average molecular weight is 262 g/mol. The second-order valence-electron chi connectivity index (χ2n) is 4.12. The van der Waals surface area contributed by atoms with Gasteiger partial charge in [-0.05, 0) is 12.8 Å². The first-order chi connectivity index (χ1) is 8.72. The molecule has 1 aliphatic carbocycles. The van der Waals surface area contributed by atoms with Gasteiger partial charge in [0.2, 0.25) is 5.13 Å². The van der Waals surface area contributed by atoms with Crippen molar-refractivity contribution in [3.05, 3.63) is 40.3 Å². The van der Waals surface area contributed by atoms with Gasteiger partial charge in [-0.2, -0.15) is 4.73 Å². The lowest BCUT2D eigenvalue weighted by Crippen LogP contribution is -2.25. The van der Waals surface area contributed by atoms with Crippen molar-refractivity contribution in [1.29, 1.82) is 0 Å². The number of amides is 1. The molecule has 0 saturated heterocycles. The van der Waals surface area contributed by atoms with Crippen molar-refractivity contribution in [3.8, 4) is 0 Å². The summed E-state index contributed by atoms with van der Waals surface area (Å²) in [4.78, 5) is 11.8. The van der Waals surface area contributed by atoms with Gasteiger partial charge in [0.1, 0.15) is 5.01 Å². The molecule has 6 nitrogen and oxygen atoms in total. The minimum Gasteiger partial charge on any atom is -0.619 e. The highest BCUT2D eigenvalue weighted by Crippen LogP contribution is 2.42. The number of anilines is 1. The zero-order valence-corrected chi connectivity index (χ0v) is 10.2. The lowest BCUT2D eigenvalue weighted by molar-refractivity contribution is -0.605. The van der Waals surface area contributed by atoms with Crippen molar-refractivity contribution in [3.63, 3.8) is 0 Å². The normalized spacial score (nSPS) is 14.4. The predicted octanol–water partition coefficient (Wildman–Crippen LogP) is 1.30. The molecule has 7 heteroatoms. The summed E-state index contributed by atoms with van der Waals surface area (Å²) in [5, 5.41) is 23.0. The summed E-state index contributed by atoms with van der Waals surface area (Å²) in [6.45, 7) is 0. The van der Waals surface area contributed by atoms with E-state index in [2.05, 4.69) is 15.5 Å². The van der Waals surface area contributed by atoms with E-state index in [0.29, 0.717) is 21.3 Å². The summed E-state index contributed by atoms with van der Waals surface area (Å²) >= 11 is 1.41. The molecule has 0 unspecified atom stereocenters. The van der Waals surface area contributed by atoms with Gasteiger partial charge in [0.15, 0.2) is 12.4 Å². The van der Waals surface area contributed by atoms with E-state index >= 15 is 0 Å². The van der Waals surface area contributed by atoms with Crippen molar-refractivity contribution in [2.45, 2.75) is 18.8 Å². The van der Waals surface area contributed by atoms with Crippen LogP contribution in [-0.2, 0) is 0 Å².